The second-order valence-electron chi connectivity index (χ2n) is 1.81. The number of rotatable bonds is 4. The Morgan fingerprint density at radius 2 is 2.12 bits per heavy atom. The van der Waals surface area contributed by atoms with Crippen LogP contribution in [0, 0.1) is 6.04 Å². The van der Waals surface area contributed by atoms with Gasteiger partial charge in [0, 0.05) is 12.6 Å². The molecule has 2 N–H and O–H groups in total. The minimum Gasteiger partial charge on any atom is -0.315 e. The van der Waals surface area contributed by atoms with Crippen LogP contribution in [0.15, 0.2) is 0 Å². The molecule has 49 valence electrons. The van der Waals surface area contributed by atoms with Gasteiger partial charge in [0.05, 0.1) is 0 Å². The van der Waals surface area contributed by atoms with E-state index in [1.54, 1.807) is 0 Å². The van der Waals surface area contributed by atoms with E-state index in [2.05, 4.69) is 24.5 Å². The standard InChI is InChI=1S/C6H15N2/c1-4-8-5-6(2)7-3/h7-8H,4-5H2,1-3H3. The Morgan fingerprint density at radius 3 is 2.50 bits per heavy atom. The number of likely N-dealkylation sites (N-methyl/N-ethyl adjacent to an activating group) is 2. The molecule has 0 saturated carbocycles. The third-order valence-corrected chi connectivity index (χ3v) is 1.07. The molecule has 1 radical (unpaired) electrons. The monoisotopic (exact) mass is 115 g/mol. The Kier molecular flexibility index (Phi) is 5.01. The van der Waals surface area contributed by atoms with Crippen LogP contribution < -0.4 is 10.6 Å². The van der Waals surface area contributed by atoms with Crippen LogP contribution in [0.1, 0.15) is 13.8 Å². The summed E-state index contributed by atoms with van der Waals surface area (Å²) in [6.07, 6.45) is 0. The Hall–Kier alpha value is -0.0800. The average Bonchev–Trinajstić information content (AvgIpc) is 1.83. The highest BCUT2D eigenvalue weighted by atomic mass is 14.9. The van der Waals surface area contributed by atoms with Crippen LogP contribution in [0.3, 0.4) is 0 Å². The van der Waals surface area contributed by atoms with Crippen LogP contribution in [0.5, 0.6) is 0 Å². The third kappa shape index (κ3) is 4.09. The molecule has 0 bridgehead atoms. The molecule has 0 fully saturated rings. The zero-order chi connectivity index (χ0) is 6.41. The normalized spacial score (nSPS) is 10.5. The molecule has 0 unspecified atom stereocenters. The fourth-order valence-electron chi connectivity index (χ4n) is 0.401. The van der Waals surface area contributed by atoms with Crippen LogP contribution in [0.4, 0.5) is 0 Å². The van der Waals surface area contributed by atoms with E-state index in [0.717, 1.165) is 13.1 Å². The second kappa shape index (κ2) is 5.06. The van der Waals surface area contributed by atoms with Gasteiger partial charge in [0.15, 0.2) is 0 Å². The molecule has 0 aromatic rings. The fourth-order valence-corrected chi connectivity index (χ4v) is 0.401. The average molecular weight is 115 g/mol. The largest absolute Gasteiger partial charge is 0.315 e. The molecule has 0 heterocycles. The molecular formula is C6H15N2. The van der Waals surface area contributed by atoms with Crippen LogP contribution >= 0.6 is 0 Å². The summed E-state index contributed by atoms with van der Waals surface area (Å²) in [5, 5.41) is 6.25. The van der Waals surface area contributed by atoms with Gasteiger partial charge >= 0.3 is 0 Å². The molecular weight excluding hydrogens is 100 g/mol. The van der Waals surface area contributed by atoms with Gasteiger partial charge in [0.2, 0.25) is 0 Å². The molecule has 0 aliphatic heterocycles. The summed E-state index contributed by atoms with van der Waals surface area (Å²) in [4.78, 5) is 0. The Balaban J connectivity index is 2.86. The lowest BCUT2D eigenvalue weighted by atomic mass is 10.3. The van der Waals surface area contributed by atoms with Crippen molar-refractivity contribution in [2.24, 2.45) is 0 Å². The smallest absolute Gasteiger partial charge is 0.0468 e. The quantitative estimate of drug-likeness (QED) is 0.553. The highest BCUT2D eigenvalue weighted by Crippen LogP contribution is 1.83. The first-order valence-corrected chi connectivity index (χ1v) is 3.02. The van der Waals surface area contributed by atoms with Crippen LogP contribution in [0.2, 0.25) is 0 Å². The summed E-state index contributed by atoms with van der Waals surface area (Å²) in [6, 6.07) is 1.28. The maximum atomic E-state index is 3.20. The highest BCUT2D eigenvalue weighted by Gasteiger charge is 1.93. The van der Waals surface area contributed by atoms with Crippen molar-refractivity contribution in [1.82, 2.24) is 10.6 Å². The SMILES string of the molecule is CCNC[C](C)NC. The molecule has 0 rings (SSSR count). The van der Waals surface area contributed by atoms with E-state index in [9.17, 15) is 0 Å². The van der Waals surface area contributed by atoms with Crippen molar-refractivity contribution >= 4 is 0 Å². The van der Waals surface area contributed by atoms with Crippen molar-refractivity contribution in [3.8, 4) is 0 Å². The summed E-state index contributed by atoms with van der Waals surface area (Å²) < 4.78 is 0. The lowest BCUT2D eigenvalue weighted by Crippen LogP contribution is -2.26. The van der Waals surface area contributed by atoms with Gasteiger partial charge in [-0.05, 0) is 20.5 Å². The molecule has 0 saturated heterocycles. The van der Waals surface area contributed by atoms with E-state index in [4.69, 9.17) is 0 Å². The third-order valence-electron chi connectivity index (χ3n) is 1.07. The lowest BCUT2D eigenvalue weighted by molar-refractivity contribution is 0.663. The molecule has 2 nitrogen and oxygen atoms in total. The van der Waals surface area contributed by atoms with E-state index in [0.29, 0.717) is 0 Å². The van der Waals surface area contributed by atoms with Crippen molar-refractivity contribution in [2.45, 2.75) is 13.8 Å². The van der Waals surface area contributed by atoms with Crippen molar-refractivity contribution < 1.29 is 0 Å². The summed E-state index contributed by atoms with van der Waals surface area (Å²) in [6.45, 7) is 6.19. The summed E-state index contributed by atoms with van der Waals surface area (Å²) in [5.74, 6) is 0. The van der Waals surface area contributed by atoms with E-state index in [1.165, 1.54) is 6.04 Å². The van der Waals surface area contributed by atoms with Gasteiger partial charge in [-0.1, -0.05) is 6.92 Å². The molecule has 0 spiro atoms. The molecule has 0 aromatic carbocycles. The van der Waals surface area contributed by atoms with E-state index < -0.39 is 0 Å². The van der Waals surface area contributed by atoms with Crippen LogP contribution in [-0.2, 0) is 0 Å². The first-order chi connectivity index (χ1) is 3.81. The number of hydrogen-bond acceptors (Lipinski definition) is 2. The maximum Gasteiger partial charge on any atom is 0.0468 e. The Bertz CT molecular complexity index is 45.8. The molecule has 0 aromatic heterocycles. The summed E-state index contributed by atoms with van der Waals surface area (Å²) in [5.41, 5.74) is 0. The van der Waals surface area contributed by atoms with Crippen molar-refractivity contribution in [1.29, 1.82) is 0 Å². The Morgan fingerprint density at radius 1 is 1.50 bits per heavy atom. The predicted octanol–water partition coefficient (Wildman–Crippen LogP) is 0.367. The predicted molar refractivity (Wildman–Crippen MR) is 36.5 cm³/mol. The topological polar surface area (TPSA) is 24.1 Å². The van der Waals surface area contributed by atoms with Crippen molar-refractivity contribution in [3.05, 3.63) is 6.04 Å². The molecule has 2 heteroatoms. The van der Waals surface area contributed by atoms with E-state index in [-0.39, 0.29) is 0 Å². The fraction of sp³-hybridized carbons (Fsp3) is 0.833. The first-order valence-electron chi connectivity index (χ1n) is 3.02. The molecule has 0 atom stereocenters. The zero-order valence-corrected chi connectivity index (χ0v) is 5.91. The second-order valence-corrected chi connectivity index (χ2v) is 1.81. The van der Waals surface area contributed by atoms with Gasteiger partial charge in [-0.15, -0.1) is 0 Å². The van der Waals surface area contributed by atoms with E-state index >= 15 is 0 Å². The van der Waals surface area contributed by atoms with Crippen molar-refractivity contribution in [3.63, 3.8) is 0 Å². The first kappa shape index (κ1) is 7.92. The molecule has 0 aliphatic rings. The van der Waals surface area contributed by atoms with Gasteiger partial charge in [0.25, 0.3) is 0 Å². The van der Waals surface area contributed by atoms with Crippen LogP contribution in [0.25, 0.3) is 0 Å². The number of hydrogen-bond donors (Lipinski definition) is 2. The number of nitrogens with one attached hydrogen (secondary N) is 2. The van der Waals surface area contributed by atoms with Gasteiger partial charge < -0.3 is 10.6 Å². The van der Waals surface area contributed by atoms with Gasteiger partial charge in [-0.2, -0.15) is 0 Å². The maximum absolute atomic E-state index is 3.20. The van der Waals surface area contributed by atoms with Gasteiger partial charge in [0.1, 0.15) is 0 Å². The highest BCUT2D eigenvalue weighted by molar-refractivity contribution is 4.80. The summed E-state index contributed by atoms with van der Waals surface area (Å²) >= 11 is 0. The van der Waals surface area contributed by atoms with E-state index in [1.807, 2.05) is 7.05 Å². The molecule has 8 heavy (non-hydrogen) atoms. The minimum absolute atomic E-state index is 0.979. The van der Waals surface area contributed by atoms with Gasteiger partial charge in [-0.25, -0.2) is 0 Å². The minimum atomic E-state index is 0.979. The van der Waals surface area contributed by atoms with Gasteiger partial charge in [-0.3, -0.25) is 0 Å². The summed E-state index contributed by atoms with van der Waals surface area (Å²) in [7, 11) is 1.94. The molecule has 0 amide bonds. The molecule has 0 aliphatic carbocycles. The van der Waals surface area contributed by atoms with Crippen molar-refractivity contribution in [2.75, 3.05) is 20.1 Å². The zero-order valence-electron chi connectivity index (χ0n) is 5.91. The van der Waals surface area contributed by atoms with Crippen LogP contribution in [-0.4, -0.2) is 20.1 Å². The lowest BCUT2D eigenvalue weighted by Gasteiger charge is -2.07. The Labute approximate surface area is 51.7 Å².